The van der Waals surface area contributed by atoms with Crippen LogP contribution in [0.3, 0.4) is 0 Å². The van der Waals surface area contributed by atoms with Crippen LogP contribution >= 0.6 is 27.5 Å². The number of rotatable bonds is 8. The molecule has 0 radical (unpaired) electrons. The van der Waals surface area contributed by atoms with Gasteiger partial charge in [-0.25, -0.2) is 4.79 Å². The van der Waals surface area contributed by atoms with E-state index in [0.717, 1.165) is 4.47 Å². The number of carbonyl (C=O) groups is 3. The predicted octanol–water partition coefficient (Wildman–Crippen LogP) is 6.39. The predicted molar refractivity (Wildman–Crippen MR) is 151 cm³/mol. The van der Waals surface area contributed by atoms with Crippen LogP contribution < -0.4 is 15.0 Å². The molecule has 0 aliphatic carbocycles. The second-order valence-electron chi connectivity index (χ2n) is 8.24. The second kappa shape index (κ2) is 12.1. The van der Waals surface area contributed by atoms with E-state index in [1.807, 2.05) is 12.1 Å². The van der Waals surface area contributed by atoms with Crippen LogP contribution in [0.1, 0.15) is 19.4 Å². The molecule has 0 atom stereocenters. The molecule has 38 heavy (non-hydrogen) atoms. The first-order valence-corrected chi connectivity index (χ1v) is 12.9. The number of amides is 2. The first-order chi connectivity index (χ1) is 18.3. The minimum Gasteiger partial charge on any atom is -0.484 e. The highest BCUT2D eigenvalue weighted by Crippen LogP contribution is 2.36. The maximum Gasteiger partial charge on any atom is 0.340 e. The molecule has 2 amide bonds. The normalized spacial score (nSPS) is 14.2. The Morgan fingerprint density at radius 2 is 1.71 bits per heavy atom. The third-order valence-corrected chi connectivity index (χ3v) is 6.53. The molecule has 0 fully saturated rings. The number of ether oxygens (including phenoxy) is 2. The van der Waals surface area contributed by atoms with Crippen LogP contribution in [0.5, 0.6) is 5.75 Å². The molecule has 0 saturated carbocycles. The number of allylic oxidation sites excluding steroid dienone is 1. The monoisotopic (exact) mass is 594 g/mol. The van der Waals surface area contributed by atoms with Crippen LogP contribution in [-0.4, -0.2) is 31.0 Å². The Morgan fingerprint density at radius 1 is 1.03 bits per heavy atom. The molecule has 0 unspecified atom stereocenters. The quantitative estimate of drug-likeness (QED) is 0.241. The van der Waals surface area contributed by atoms with Gasteiger partial charge < -0.3 is 14.8 Å². The van der Waals surface area contributed by atoms with Gasteiger partial charge in [-0.15, -0.1) is 0 Å². The highest BCUT2D eigenvalue weighted by atomic mass is 79.9. The summed E-state index contributed by atoms with van der Waals surface area (Å²) in [6.45, 7) is 3.41. The molecule has 3 aromatic rings. The topological polar surface area (TPSA) is 84.9 Å². The van der Waals surface area contributed by atoms with Gasteiger partial charge in [-0.05, 0) is 74.0 Å². The van der Waals surface area contributed by atoms with Gasteiger partial charge in [0.1, 0.15) is 5.75 Å². The van der Waals surface area contributed by atoms with Gasteiger partial charge in [-0.3, -0.25) is 14.5 Å². The Bertz CT molecular complexity index is 1430. The van der Waals surface area contributed by atoms with Gasteiger partial charge in [0.05, 0.1) is 28.5 Å². The molecule has 0 bridgehead atoms. The third kappa shape index (κ3) is 6.15. The van der Waals surface area contributed by atoms with Crippen molar-refractivity contribution < 1.29 is 23.9 Å². The first kappa shape index (κ1) is 27.2. The standard InChI is InChI=1S/C29H24BrClN2O5/c1-3-37-29(36)27-18(2)33(21-12-10-20(30)11-13-21)28(35)23(27)16-19-8-14-22(15-9-19)38-17-26(34)32-25-7-5-4-6-24(25)31/h4-16H,3,17H2,1-2H3,(H,32,34)/b23-16-. The molecule has 0 spiro atoms. The Kier molecular flexibility index (Phi) is 8.66. The maximum absolute atomic E-state index is 13.5. The van der Waals surface area contributed by atoms with Crippen molar-refractivity contribution in [2.45, 2.75) is 13.8 Å². The highest BCUT2D eigenvalue weighted by Gasteiger charge is 2.38. The van der Waals surface area contributed by atoms with Gasteiger partial charge in [0.2, 0.25) is 0 Å². The minimum absolute atomic E-state index is 0.186. The molecule has 7 nitrogen and oxygen atoms in total. The molecule has 1 aliphatic rings. The fraction of sp³-hybridized carbons (Fsp3) is 0.138. The average molecular weight is 596 g/mol. The van der Waals surface area contributed by atoms with Gasteiger partial charge in [0, 0.05) is 15.9 Å². The number of nitrogens with zero attached hydrogens (tertiary/aromatic N) is 1. The highest BCUT2D eigenvalue weighted by molar-refractivity contribution is 9.10. The smallest absolute Gasteiger partial charge is 0.340 e. The molecule has 1 aliphatic heterocycles. The van der Waals surface area contributed by atoms with E-state index < -0.39 is 5.97 Å². The molecule has 194 valence electrons. The largest absolute Gasteiger partial charge is 0.484 e. The van der Waals surface area contributed by atoms with E-state index in [1.165, 1.54) is 4.90 Å². The van der Waals surface area contributed by atoms with Crippen molar-refractivity contribution in [2.24, 2.45) is 0 Å². The molecule has 9 heteroatoms. The van der Waals surface area contributed by atoms with Crippen molar-refractivity contribution in [3.8, 4) is 5.75 Å². The molecule has 0 saturated heterocycles. The fourth-order valence-electron chi connectivity index (χ4n) is 3.91. The van der Waals surface area contributed by atoms with Crippen molar-refractivity contribution in [1.82, 2.24) is 0 Å². The van der Waals surface area contributed by atoms with Crippen molar-refractivity contribution in [1.29, 1.82) is 0 Å². The molecule has 4 rings (SSSR count). The van der Waals surface area contributed by atoms with E-state index in [4.69, 9.17) is 21.1 Å². The minimum atomic E-state index is -0.561. The number of benzene rings is 3. The number of anilines is 2. The Hall–Kier alpha value is -3.88. The van der Waals surface area contributed by atoms with E-state index in [-0.39, 0.29) is 36.2 Å². The zero-order chi connectivity index (χ0) is 27.2. The first-order valence-electron chi connectivity index (χ1n) is 11.8. The average Bonchev–Trinajstić information content (AvgIpc) is 3.14. The number of nitrogens with one attached hydrogen (secondary N) is 1. The van der Waals surface area contributed by atoms with Crippen LogP contribution in [0.2, 0.25) is 5.02 Å². The summed E-state index contributed by atoms with van der Waals surface area (Å²) in [5.41, 5.74) is 2.76. The summed E-state index contributed by atoms with van der Waals surface area (Å²) in [5, 5.41) is 3.13. The van der Waals surface area contributed by atoms with Gasteiger partial charge in [0.15, 0.2) is 6.61 Å². The molecule has 1 heterocycles. The van der Waals surface area contributed by atoms with Gasteiger partial charge >= 0.3 is 5.97 Å². The maximum atomic E-state index is 13.5. The summed E-state index contributed by atoms with van der Waals surface area (Å²) in [5.74, 6) is -0.778. The van der Waals surface area contributed by atoms with Crippen molar-refractivity contribution in [3.05, 3.63) is 105 Å². The van der Waals surface area contributed by atoms with E-state index in [1.54, 1.807) is 80.6 Å². The van der Waals surface area contributed by atoms with Crippen LogP contribution in [0, 0.1) is 0 Å². The number of para-hydroxylation sites is 1. The van der Waals surface area contributed by atoms with Gasteiger partial charge in [0.25, 0.3) is 11.8 Å². The van der Waals surface area contributed by atoms with Crippen LogP contribution in [0.25, 0.3) is 6.08 Å². The van der Waals surface area contributed by atoms with Crippen molar-refractivity contribution >= 4 is 62.8 Å². The Balaban J connectivity index is 1.52. The summed E-state index contributed by atoms with van der Waals surface area (Å²) in [6.07, 6.45) is 1.64. The lowest BCUT2D eigenvalue weighted by Gasteiger charge is -2.18. The lowest BCUT2D eigenvalue weighted by molar-refractivity contribution is -0.138. The van der Waals surface area contributed by atoms with Crippen LogP contribution in [0.4, 0.5) is 11.4 Å². The summed E-state index contributed by atoms with van der Waals surface area (Å²) in [6, 6.07) is 21.0. The van der Waals surface area contributed by atoms with Crippen molar-refractivity contribution in [2.75, 3.05) is 23.4 Å². The lowest BCUT2D eigenvalue weighted by Crippen LogP contribution is -2.24. The second-order valence-corrected chi connectivity index (χ2v) is 9.56. The SMILES string of the molecule is CCOC(=O)C1=C(C)N(c2ccc(Br)cc2)C(=O)/C1=C\c1ccc(OCC(=O)Nc2ccccc2Cl)cc1. The van der Waals surface area contributed by atoms with Gasteiger partial charge in [-0.1, -0.05) is 51.8 Å². The molecule has 1 N–H and O–H groups in total. The number of halogens is 2. The zero-order valence-electron chi connectivity index (χ0n) is 20.7. The summed E-state index contributed by atoms with van der Waals surface area (Å²) in [4.78, 5) is 40.0. The number of hydrogen-bond donors (Lipinski definition) is 1. The third-order valence-electron chi connectivity index (χ3n) is 5.67. The van der Waals surface area contributed by atoms with E-state index in [9.17, 15) is 14.4 Å². The van der Waals surface area contributed by atoms with Gasteiger partial charge in [-0.2, -0.15) is 0 Å². The van der Waals surface area contributed by atoms with Crippen LogP contribution in [0.15, 0.2) is 94.1 Å². The fourth-order valence-corrected chi connectivity index (χ4v) is 4.35. The number of esters is 1. The molecular formula is C29H24BrClN2O5. The van der Waals surface area contributed by atoms with E-state index in [0.29, 0.717) is 33.4 Å². The molecule has 3 aromatic carbocycles. The van der Waals surface area contributed by atoms with E-state index >= 15 is 0 Å². The Morgan fingerprint density at radius 3 is 2.37 bits per heavy atom. The summed E-state index contributed by atoms with van der Waals surface area (Å²) in [7, 11) is 0. The van der Waals surface area contributed by atoms with E-state index in [2.05, 4.69) is 21.2 Å². The van der Waals surface area contributed by atoms with Crippen molar-refractivity contribution in [3.63, 3.8) is 0 Å². The number of hydrogen-bond acceptors (Lipinski definition) is 5. The lowest BCUT2D eigenvalue weighted by atomic mass is 10.0. The molecular weight excluding hydrogens is 572 g/mol. The summed E-state index contributed by atoms with van der Waals surface area (Å²) >= 11 is 9.47. The number of carbonyl (C=O) groups excluding carboxylic acids is 3. The zero-order valence-corrected chi connectivity index (χ0v) is 23.0. The summed E-state index contributed by atoms with van der Waals surface area (Å²) < 4.78 is 11.7. The molecule has 0 aromatic heterocycles. The van der Waals surface area contributed by atoms with Crippen LogP contribution in [-0.2, 0) is 19.1 Å². The Labute approximate surface area is 233 Å².